The zero-order valence-corrected chi connectivity index (χ0v) is 7.70. The van der Waals surface area contributed by atoms with Crippen LogP contribution in [0.1, 0.15) is 0 Å². The van der Waals surface area contributed by atoms with E-state index in [1.807, 2.05) is 10.8 Å². The van der Waals surface area contributed by atoms with Crippen LogP contribution in [0.3, 0.4) is 0 Å². The highest BCUT2D eigenvalue weighted by atomic mass is 79.9. The fraction of sp³-hybridized carbons (Fsp3) is 0. The van der Waals surface area contributed by atoms with E-state index in [0.29, 0.717) is 0 Å². The number of halogens is 1. The van der Waals surface area contributed by atoms with E-state index in [0.717, 1.165) is 9.47 Å². The minimum Gasteiger partial charge on any atom is -0.464 e. The van der Waals surface area contributed by atoms with Crippen molar-refractivity contribution in [3.05, 3.63) is 15.9 Å². The quantitative estimate of drug-likeness (QED) is 0.690. The predicted molar refractivity (Wildman–Crippen MR) is 46.8 cm³/mol. The van der Waals surface area contributed by atoms with E-state index in [4.69, 9.17) is 5.11 Å². The number of hydrazine groups is 1. The molecular weight excluding hydrogens is 232 g/mol. The molecule has 0 bridgehead atoms. The van der Waals surface area contributed by atoms with Gasteiger partial charge >= 0.3 is 6.09 Å². The monoisotopic (exact) mass is 236 g/mol. The Morgan fingerprint density at radius 2 is 2.45 bits per heavy atom. The van der Waals surface area contributed by atoms with Crippen LogP contribution in [0.25, 0.3) is 0 Å². The van der Waals surface area contributed by atoms with Crippen LogP contribution >= 0.6 is 27.3 Å². The van der Waals surface area contributed by atoms with Gasteiger partial charge in [0.25, 0.3) is 0 Å². The minimum atomic E-state index is -1.10. The van der Waals surface area contributed by atoms with Crippen LogP contribution in [0.4, 0.5) is 9.80 Å². The minimum absolute atomic E-state index is 0.749. The molecule has 60 valence electrons. The summed E-state index contributed by atoms with van der Waals surface area (Å²) < 4.78 is 0.928. The fourth-order valence-corrected chi connectivity index (χ4v) is 1.77. The van der Waals surface area contributed by atoms with Gasteiger partial charge < -0.3 is 5.11 Å². The van der Waals surface area contributed by atoms with Gasteiger partial charge in [-0.25, -0.2) is 10.2 Å². The van der Waals surface area contributed by atoms with E-state index in [1.165, 1.54) is 11.3 Å². The lowest BCUT2D eigenvalue weighted by Gasteiger charge is -1.99. The topological polar surface area (TPSA) is 61.4 Å². The summed E-state index contributed by atoms with van der Waals surface area (Å²) in [6.07, 6.45) is -1.10. The third-order valence-electron chi connectivity index (χ3n) is 0.860. The average molecular weight is 237 g/mol. The van der Waals surface area contributed by atoms with E-state index in [1.54, 1.807) is 6.07 Å². The Hall–Kier alpha value is -0.750. The van der Waals surface area contributed by atoms with E-state index in [2.05, 4.69) is 21.4 Å². The summed E-state index contributed by atoms with van der Waals surface area (Å²) in [5, 5.41) is 10.8. The normalized spacial score (nSPS) is 9.18. The smallest absolute Gasteiger partial charge is 0.423 e. The maximum absolute atomic E-state index is 10.00. The number of carboxylic acid groups (broad SMARTS) is 1. The number of hydrogen-bond acceptors (Lipinski definition) is 3. The maximum atomic E-state index is 10.00. The summed E-state index contributed by atoms with van der Waals surface area (Å²) >= 11 is 4.64. The van der Waals surface area contributed by atoms with E-state index >= 15 is 0 Å². The molecule has 0 aliphatic rings. The standard InChI is InChI=1S/C5H5BrN2O2S/c6-3-1-4(11-2-3)7-8-5(9)10/h1-2,7-8H,(H,9,10). The molecule has 3 N–H and O–H groups in total. The highest BCUT2D eigenvalue weighted by Gasteiger charge is 1.96. The molecule has 0 aliphatic carbocycles. The molecule has 1 aromatic heterocycles. The van der Waals surface area contributed by atoms with Crippen molar-refractivity contribution in [3.8, 4) is 0 Å². The maximum Gasteiger partial charge on any atom is 0.423 e. The van der Waals surface area contributed by atoms with E-state index in [9.17, 15) is 4.79 Å². The Morgan fingerprint density at radius 3 is 2.91 bits per heavy atom. The molecule has 0 atom stereocenters. The van der Waals surface area contributed by atoms with Crippen molar-refractivity contribution in [3.63, 3.8) is 0 Å². The highest BCUT2D eigenvalue weighted by Crippen LogP contribution is 2.23. The zero-order valence-electron chi connectivity index (χ0n) is 5.30. The largest absolute Gasteiger partial charge is 0.464 e. The first kappa shape index (κ1) is 8.35. The number of amides is 1. The molecule has 0 saturated carbocycles. The van der Waals surface area contributed by atoms with Crippen LogP contribution in [0.15, 0.2) is 15.9 Å². The summed E-state index contributed by atoms with van der Waals surface area (Å²) in [4.78, 5) is 10.00. The van der Waals surface area contributed by atoms with Crippen LogP contribution in [-0.4, -0.2) is 11.2 Å². The molecule has 0 radical (unpaired) electrons. The second-order valence-corrected chi connectivity index (χ2v) is 3.51. The molecule has 4 nitrogen and oxygen atoms in total. The first-order valence-electron chi connectivity index (χ1n) is 2.67. The van der Waals surface area contributed by atoms with Crippen molar-refractivity contribution >= 4 is 38.4 Å². The molecule has 0 fully saturated rings. The molecular formula is C5H5BrN2O2S. The second-order valence-electron chi connectivity index (χ2n) is 1.68. The van der Waals surface area contributed by atoms with Gasteiger partial charge in [-0.2, -0.15) is 0 Å². The molecule has 1 aromatic rings. The predicted octanol–water partition coefficient (Wildman–Crippen LogP) is 2.11. The highest BCUT2D eigenvalue weighted by molar-refractivity contribution is 9.10. The van der Waals surface area contributed by atoms with Gasteiger partial charge in [0.1, 0.15) is 5.00 Å². The number of anilines is 1. The van der Waals surface area contributed by atoms with Crippen molar-refractivity contribution in [2.45, 2.75) is 0 Å². The molecule has 0 aromatic carbocycles. The molecule has 0 spiro atoms. The van der Waals surface area contributed by atoms with Crippen molar-refractivity contribution < 1.29 is 9.90 Å². The number of hydrogen-bond donors (Lipinski definition) is 3. The Labute approximate surface area is 75.3 Å². The molecule has 1 rings (SSSR count). The summed E-state index contributed by atoms with van der Waals surface area (Å²) in [7, 11) is 0. The number of thiophene rings is 1. The summed E-state index contributed by atoms with van der Waals surface area (Å²) in [6, 6.07) is 1.78. The Balaban J connectivity index is 2.45. The number of nitrogens with one attached hydrogen (secondary N) is 2. The van der Waals surface area contributed by atoms with Crippen LogP contribution in [-0.2, 0) is 0 Å². The molecule has 11 heavy (non-hydrogen) atoms. The van der Waals surface area contributed by atoms with Crippen LogP contribution < -0.4 is 10.9 Å². The zero-order chi connectivity index (χ0) is 8.27. The lowest BCUT2D eigenvalue weighted by atomic mass is 10.6. The SMILES string of the molecule is O=C(O)NNc1cc(Br)cs1. The van der Waals surface area contributed by atoms with Gasteiger partial charge in [-0.15, -0.1) is 11.3 Å². The van der Waals surface area contributed by atoms with Crippen molar-refractivity contribution in [2.75, 3.05) is 5.43 Å². The van der Waals surface area contributed by atoms with E-state index in [-0.39, 0.29) is 0 Å². The van der Waals surface area contributed by atoms with Crippen LogP contribution in [0.5, 0.6) is 0 Å². The molecule has 1 amide bonds. The molecule has 1 heterocycles. The molecule has 0 unspecified atom stereocenters. The number of carbonyl (C=O) groups is 1. The number of rotatable bonds is 2. The van der Waals surface area contributed by atoms with Gasteiger partial charge in [-0.1, -0.05) is 0 Å². The van der Waals surface area contributed by atoms with Gasteiger partial charge in [-0.05, 0) is 22.0 Å². The van der Waals surface area contributed by atoms with Gasteiger partial charge in [-0.3, -0.25) is 5.43 Å². The molecule has 0 aliphatic heterocycles. The first-order valence-corrected chi connectivity index (χ1v) is 4.35. The van der Waals surface area contributed by atoms with Crippen molar-refractivity contribution in [1.29, 1.82) is 0 Å². The fourth-order valence-electron chi connectivity index (χ4n) is 0.494. The Kier molecular flexibility index (Phi) is 2.72. The third-order valence-corrected chi connectivity index (χ3v) is 2.47. The Morgan fingerprint density at radius 1 is 1.73 bits per heavy atom. The molecule has 6 heteroatoms. The summed E-state index contributed by atoms with van der Waals surface area (Å²) in [5.41, 5.74) is 4.54. The first-order chi connectivity index (χ1) is 5.18. The summed E-state index contributed by atoms with van der Waals surface area (Å²) in [6.45, 7) is 0. The van der Waals surface area contributed by atoms with Gasteiger partial charge in [0.2, 0.25) is 0 Å². The lowest BCUT2D eigenvalue weighted by molar-refractivity contribution is 0.197. The summed E-state index contributed by atoms with van der Waals surface area (Å²) in [5.74, 6) is 0. The van der Waals surface area contributed by atoms with Crippen molar-refractivity contribution in [1.82, 2.24) is 5.43 Å². The van der Waals surface area contributed by atoms with Gasteiger partial charge in [0, 0.05) is 9.85 Å². The average Bonchev–Trinajstić information content (AvgIpc) is 2.31. The van der Waals surface area contributed by atoms with Gasteiger partial charge in [0.15, 0.2) is 0 Å². The van der Waals surface area contributed by atoms with E-state index < -0.39 is 6.09 Å². The van der Waals surface area contributed by atoms with Gasteiger partial charge in [0.05, 0.1) is 0 Å². The third kappa shape index (κ3) is 2.77. The van der Waals surface area contributed by atoms with Crippen molar-refractivity contribution in [2.24, 2.45) is 0 Å². The lowest BCUT2D eigenvalue weighted by Crippen LogP contribution is -2.26. The Bertz CT molecular complexity index is 263. The molecule has 0 saturated heterocycles. The van der Waals surface area contributed by atoms with Crippen LogP contribution in [0, 0.1) is 0 Å². The second kappa shape index (κ2) is 3.59. The van der Waals surface area contributed by atoms with Crippen LogP contribution in [0.2, 0.25) is 0 Å².